The van der Waals surface area contributed by atoms with Crippen LogP contribution in [-0.2, 0) is 16.4 Å². The van der Waals surface area contributed by atoms with Gasteiger partial charge in [-0.1, -0.05) is 36.4 Å². The third-order valence-corrected chi connectivity index (χ3v) is 6.71. The van der Waals surface area contributed by atoms with Crippen LogP contribution < -0.4 is 14.2 Å². The predicted molar refractivity (Wildman–Crippen MR) is 115 cm³/mol. The van der Waals surface area contributed by atoms with E-state index in [0.29, 0.717) is 13.0 Å². The van der Waals surface area contributed by atoms with Gasteiger partial charge >= 0.3 is 0 Å². The summed E-state index contributed by atoms with van der Waals surface area (Å²) in [5.41, 5.74) is 2.08. The van der Waals surface area contributed by atoms with Crippen molar-refractivity contribution < 1.29 is 17.9 Å². The summed E-state index contributed by atoms with van der Waals surface area (Å²) in [6, 6.07) is 15.6. The SMILES string of the molecule is Cl.O=S(=O)(CCc1ccccc1)NCC(c1ccc2c(c1)OCO2)N1CCCC1. The Kier molecular flexibility index (Phi) is 7.40. The lowest BCUT2D eigenvalue weighted by Crippen LogP contribution is -2.38. The van der Waals surface area contributed by atoms with Crippen LogP contribution in [0, 0.1) is 0 Å². The van der Waals surface area contributed by atoms with Crippen molar-refractivity contribution in [3.05, 3.63) is 59.7 Å². The van der Waals surface area contributed by atoms with Crippen LogP contribution in [0.5, 0.6) is 11.5 Å². The lowest BCUT2D eigenvalue weighted by atomic mass is 10.1. The van der Waals surface area contributed by atoms with Gasteiger partial charge in [0.05, 0.1) is 5.75 Å². The van der Waals surface area contributed by atoms with Gasteiger partial charge in [0.1, 0.15) is 0 Å². The molecule has 2 aliphatic heterocycles. The Labute approximate surface area is 178 Å². The molecule has 0 amide bonds. The first-order valence-electron chi connectivity index (χ1n) is 9.76. The molecule has 2 aromatic carbocycles. The number of hydrogen-bond acceptors (Lipinski definition) is 5. The van der Waals surface area contributed by atoms with Gasteiger partial charge < -0.3 is 9.47 Å². The molecule has 1 unspecified atom stereocenters. The molecule has 29 heavy (non-hydrogen) atoms. The second-order valence-corrected chi connectivity index (χ2v) is 9.20. The summed E-state index contributed by atoms with van der Waals surface area (Å²) in [5, 5.41) is 0. The van der Waals surface area contributed by atoms with Gasteiger partial charge in [-0.15, -0.1) is 12.4 Å². The van der Waals surface area contributed by atoms with Crippen molar-refractivity contribution in [2.75, 3.05) is 32.2 Å². The third kappa shape index (κ3) is 5.63. The molecule has 0 aromatic heterocycles. The zero-order valence-corrected chi connectivity index (χ0v) is 17.9. The normalized spacial score (nSPS) is 17.1. The lowest BCUT2D eigenvalue weighted by molar-refractivity contribution is 0.173. The maximum absolute atomic E-state index is 12.6. The number of ether oxygens (including phenoxy) is 2. The molecule has 0 aliphatic carbocycles. The Morgan fingerprint density at radius 1 is 1.00 bits per heavy atom. The van der Waals surface area contributed by atoms with E-state index in [1.165, 1.54) is 0 Å². The van der Waals surface area contributed by atoms with Crippen molar-refractivity contribution in [1.29, 1.82) is 0 Å². The van der Waals surface area contributed by atoms with Gasteiger partial charge in [0.2, 0.25) is 16.8 Å². The highest BCUT2D eigenvalue weighted by atomic mass is 35.5. The average Bonchev–Trinajstić information content (AvgIpc) is 3.39. The predicted octanol–water partition coefficient (Wildman–Crippen LogP) is 3.14. The van der Waals surface area contributed by atoms with Crippen molar-refractivity contribution in [3.63, 3.8) is 0 Å². The van der Waals surface area contributed by atoms with Crippen LogP contribution in [-0.4, -0.2) is 45.5 Å². The lowest BCUT2D eigenvalue weighted by Gasteiger charge is -2.28. The molecule has 0 bridgehead atoms. The molecule has 1 fully saturated rings. The van der Waals surface area contributed by atoms with Crippen LogP contribution in [0.15, 0.2) is 48.5 Å². The minimum absolute atomic E-state index is 0. The van der Waals surface area contributed by atoms with Crippen molar-refractivity contribution >= 4 is 22.4 Å². The molecule has 1 saturated heterocycles. The molecule has 158 valence electrons. The summed E-state index contributed by atoms with van der Waals surface area (Å²) >= 11 is 0. The van der Waals surface area contributed by atoms with E-state index in [1.54, 1.807) is 0 Å². The van der Waals surface area contributed by atoms with E-state index in [-0.39, 0.29) is 31.0 Å². The summed E-state index contributed by atoms with van der Waals surface area (Å²) in [4.78, 5) is 2.34. The highest BCUT2D eigenvalue weighted by Crippen LogP contribution is 2.36. The fourth-order valence-corrected chi connectivity index (χ4v) is 4.87. The van der Waals surface area contributed by atoms with Crippen molar-refractivity contribution in [2.24, 2.45) is 0 Å². The molecule has 8 heteroatoms. The van der Waals surface area contributed by atoms with Gasteiger partial charge in [-0.25, -0.2) is 13.1 Å². The summed E-state index contributed by atoms with van der Waals surface area (Å²) in [6.45, 7) is 2.55. The molecular formula is C21H27ClN2O4S. The van der Waals surface area contributed by atoms with E-state index >= 15 is 0 Å². The first kappa shape index (κ1) is 21.9. The van der Waals surface area contributed by atoms with Crippen LogP contribution >= 0.6 is 12.4 Å². The molecule has 0 saturated carbocycles. The first-order valence-corrected chi connectivity index (χ1v) is 11.4. The zero-order chi connectivity index (χ0) is 19.4. The molecule has 6 nitrogen and oxygen atoms in total. The summed E-state index contributed by atoms with van der Waals surface area (Å²) in [7, 11) is -3.36. The quantitative estimate of drug-likeness (QED) is 0.685. The van der Waals surface area contributed by atoms with Gasteiger partial charge in [-0.2, -0.15) is 0 Å². The molecule has 0 radical (unpaired) electrons. The molecule has 2 aromatic rings. The number of fused-ring (bicyclic) bond motifs is 1. The Hall–Kier alpha value is -1.80. The Bertz CT molecular complexity index is 902. The van der Waals surface area contributed by atoms with Gasteiger partial charge in [0.15, 0.2) is 11.5 Å². The molecule has 1 N–H and O–H groups in total. The maximum Gasteiger partial charge on any atom is 0.231 e. The third-order valence-electron chi connectivity index (χ3n) is 5.36. The van der Waals surface area contributed by atoms with Crippen LogP contribution in [0.2, 0.25) is 0 Å². The standard InChI is InChI=1S/C21H26N2O4S.ClH/c24-28(25,13-10-17-6-2-1-3-7-17)22-15-19(23-11-4-5-12-23)18-8-9-20-21(14-18)27-16-26-20;/h1-3,6-9,14,19,22H,4-5,10-13,15-16H2;1H. The van der Waals surface area contributed by atoms with E-state index in [4.69, 9.17) is 9.47 Å². The first-order chi connectivity index (χ1) is 13.6. The minimum Gasteiger partial charge on any atom is -0.454 e. The number of hydrogen-bond donors (Lipinski definition) is 1. The largest absolute Gasteiger partial charge is 0.454 e. The van der Waals surface area contributed by atoms with Crippen molar-refractivity contribution in [1.82, 2.24) is 9.62 Å². The maximum atomic E-state index is 12.6. The van der Waals surface area contributed by atoms with Gasteiger partial charge in [0, 0.05) is 12.6 Å². The summed E-state index contributed by atoms with van der Waals surface area (Å²) in [5.74, 6) is 1.56. The van der Waals surface area contributed by atoms with Gasteiger partial charge in [0.25, 0.3) is 0 Å². The fraction of sp³-hybridized carbons (Fsp3) is 0.429. The summed E-state index contributed by atoms with van der Waals surface area (Å²) in [6.07, 6.45) is 2.79. The fourth-order valence-electron chi connectivity index (χ4n) is 3.81. The number of likely N-dealkylation sites (tertiary alicyclic amines) is 1. The van der Waals surface area contributed by atoms with Crippen LogP contribution in [0.4, 0.5) is 0 Å². The number of halogens is 1. The molecule has 2 heterocycles. The van der Waals surface area contributed by atoms with Crippen LogP contribution in [0.1, 0.15) is 30.0 Å². The van der Waals surface area contributed by atoms with Crippen LogP contribution in [0.25, 0.3) is 0 Å². The summed E-state index contributed by atoms with van der Waals surface area (Å²) < 4.78 is 38.9. The number of nitrogens with zero attached hydrogens (tertiary/aromatic N) is 1. The minimum atomic E-state index is -3.36. The van der Waals surface area contributed by atoms with E-state index in [1.807, 2.05) is 48.5 Å². The Morgan fingerprint density at radius 3 is 2.48 bits per heavy atom. The van der Waals surface area contributed by atoms with Crippen molar-refractivity contribution in [3.8, 4) is 11.5 Å². The molecular weight excluding hydrogens is 412 g/mol. The molecule has 0 spiro atoms. The van der Waals surface area contributed by atoms with E-state index in [9.17, 15) is 8.42 Å². The number of sulfonamides is 1. The number of nitrogens with one attached hydrogen (secondary N) is 1. The Morgan fingerprint density at radius 2 is 1.72 bits per heavy atom. The molecule has 2 aliphatic rings. The van der Waals surface area contributed by atoms with Crippen LogP contribution in [0.3, 0.4) is 0 Å². The molecule has 1 atom stereocenters. The highest BCUT2D eigenvalue weighted by Gasteiger charge is 2.27. The second-order valence-electron chi connectivity index (χ2n) is 7.27. The van der Waals surface area contributed by atoms with Crippen molar-refractivity contribution in [2.45, 2.75) is 25.3 Å². The van der Waals surface area contributed by atoms with Gasteiger partial charge in [-0.3, -0.25) is 4.90 Å². The topological polar surface area (TPSA) is 67.9 Å². The second kappa shape index (κ2) is 9.80. The number of benzene rings is 2. The monoisotopic (exact) mass is 438 g/mol. The van der Waals surface area contributed by atoms with E-state index in [2.05, 4.69) is 9.62 Å². The smallest absolute Gasteiger partial charge is 0.231 e. The van der Waals surface area contributed by atoms with E-state index < -0.39 is 10.0 Å². The number of aryl methyl sites for hydroxylation is 1. The highest BCUT2D eigenvalue weighted by molar-refractivity contribution is 7.89. The molecule has 4 rings (SSSR count). The zero-order valence-electron chi connectivity index (χ0n) is 16.2. The number of rotatable bonds is 8. The van der Waals surface area contributed by atoms with Gasteiger partial charge in [-0.05, 0) is 55.6 Å². The Balaban J connectivity index is 0.00000240. The van der Waals surface area contributed by atoms with E-state index in [0.717, 1.165) is 48.6 Å². The average molecular weight is 439 g/mol.